The van der Waals surface area contributed by atoms with Crippen LogP contribution in [0.5, 0.6) is 0 Å². The van der Waals surface area contributed by atoms with Crippen molar-refractivity contribution >= 4 is 6.08 Å². The first kappa shape index (κ1) is 10.0. The molecule has 0 aliphatic carbocycles. The highest BCUT2D eigenvalue weighted by atomic mass is 19.1. The molecule has 0 saturated heterocycles. The predicted octanol–water partition coefficient (Wildman–Crippen LogP) is 1.87. The second kappa shape index (κ2) is 4.26. The number of halogens is 2. The van der Waals surface area contributed by atoms with Crippen LogP contribution in [0.15, 0.2) is 23.2 Å². The number of nitriles is 1. The molecule has 0 aromatic heterocycles. The first-order valence-corrected chi connectivity index (χ1v) is 3.60. The molecule has 3 nitrogen and oxygen atoms in total. The average molecular weight is 194 g/mol. The molecular weight excluding hydrogens is 190 g/mol. The lowest BCUT2D eigenvalue weighted by molar-refractivity contribution is 0.557. The highest BCUT2D eigenvalue weighted by molar-refractivity contribution is 5.38. The lowest BCUT2D eigenvalue weighted by Crippen LogP contribution is -1.97. The minimum absolute atomic E-state index is 0.268. The van der Waals surface area contributed by atoms with Gasteiger partial charge in [-0.2, -0.15) is 10.3 Å². The Hall–Kier alpha value is -2.05. The highest BCUT2D eigenvalue weighted by Crippen LogP contribution is 2.20. The van der Waals surface area contributed by atoms with Crippen molar-refractivity contribution in [3.05, 3.63) is 35.4 Å². The lowest BCUT2D eigenvalue weighted by atomic mass is 10.1. The van der Waals surface area contributed by atoms with Gasteiger partial charge in [0.05, 0.1) is 6.07 Å². The number of hydrogen-bond acceptors (Lipinski definition) is 3. The maximum absolute atomic E-state index is 13.0. The number of nitrogens with zero attached hydrogens (tertiary/aromatic N) is 2. The van der Waals surface area contributed by atoms with Gasteiger partial charge in [-0.3, -0.25) is 0 Å². The number of benzene rings is 1. The maximum Gasteiger partial charge on any atom is 0.236 e. The van der Waals surface area contributed by atoms with E-state index in [2.05, 4.69) is 4.99 Å². The van der Waals surface area contributed by atoms with Crippen LogP contribution in [0.25, 0.3) is 0 Å². The van der Waals surface area contributed by atoms with Gasteiger partial charge in [0.15, 0.2) is 6.04 Å². The van der Waals surface area contributed by atoms with E-state index >= 15 is 0 Å². The van der Waals surface area contributed by atoms with Crippen molar-refractivity contribution in [2.24, 2.45) is 4.99 Å². The van der Waals surface area contributed by atoms with Gasteiger partial charge in [0.2, 0.25) is 6.08 Å². The van der Waals surface area contributed by atoms with Gasteiger partial charge in [-0.1, -0.05) is 0 Å². The van der Waals surface area contributed by atoms with Crippen LogP contribution in [0.3, 0.4) is 0 Å². The van der Waals surface area contributed by atoms with E-state index in [1.807, 2.05) is 0 Å². The smallest absolute Gasteiger partial charge is 0.211 e. The van der Waals surface area contributed by atoms with Crippen molar-refractivity contribution in [3.63, 3.8) is 0 Å². The first-order chi connectivity index (χ1) is 6.69. The third-order valence-corrected chi connectivity index (χ3v) is 1.56. The van der Waals surface area contributed by atoms with E-state index in [9.17, 15) is 13.6 Å². The standard InChI is InChI=1S/C9H4F2N2O/c10-6-1-2-8(11)7(3-6)9(4-12)13-5-14/h1-3,9H. The third kappa shape index (κ3) is 2.00. The van der Waals surface area contributed by atoms with Crippen LogP contribution in [-0.2, 0) is 4.79 Å². The number of rotatable bonds is 2. The Morgan fingerprint density at radius 1 is 1.43 bits per heavy atom. The monoisotopic (exact) mass is 194 g/mol. The van der Waals surface area contributed by atoms with Crippen molar-refractivity contribution in [3.8, 4) is 6.07 Å². The number of aliphatic imine (C=N–C) groups is 1. The molecule has 1 unspecified atom stereocenters. The van der Waals surface area contributed by atoms with Crippen LogP contribution in [-0.4, -0.2) is 6.08 Å². The summed E-state index contributed by atoms with van der Waals surface area (Å²) in [5, 5.41) is 8.51. The molecule has 0 bridgehead atoms. The molecule has 0 fully saturated rings. The van der Waals surface area contributed by atoms with E-state index in [1.54, 1.807) is 6.07 Å². The van der Waals surface area contributed by atoms with E-state index in [0.717, 1.165) is 24.3 Å². The van der Waals surface area contributed by atoms with Gasteiger partial charge in [0.25, 0.3) is 0 Å². The fourth-order valence-corrected chi connectivity index (χ4v) is 0.945. The quantitative estimate of drug-likeness (QED) is 0.533. The molecule has 14 heavy (non-hydrogen) atoms. The van der Waals surface area contributed by atoms with Gasteiger partial charge in [-0.05, 0) is 18.2 Å². The van der Waals surface area contributed by atoms with Crippen LogP contribution in [0.4, 0.5) is 8.78 Å². The summed E-state index contributed by atoms with van der Waals surface area (Å²) in [6.45, 7) is 0. The summed E-state index contributed by atoms with van der Waals surface area (Å²) in [5.74, 6) is -1.47. The van der Waals surface area contributed by atoms with E-state index in [4.69, 9.17) is 5.26 Å². The van der Waals surface area contributed by atoms with E-state index < -0.39 is 17.7 Å². The molecule has 0 saturated carbocycles. The molecule has 0 aliphatic heterocycles. The Bertz CT molecular complexity index is 433. The molecule has 1 atom stereocenters. The molecule has 0 radical (unpaired) electrons. The topological polar surface area (TPSA) is 53.2 Å². The molecule has 1 aromatic rings. The Balaban J connectivity index is 3.23. The number of hydrogen-bond donors (Lipinski definition) is 0. The second-order valence-electron chi connectivity index (χ2n) is 2.42. The summed E-state index contributed by atoms with van der Waals surface area (Å²) in [6.07, 6.45) is 1.13. The predicted molar refractivity (Wildman–Crippen MR) is 42.8 cm³/mol. The molecule has 0 heterocycles. The van der Waals surface area contributed by atoms with Gasteiger partial charge < -0.3 is 0 Å². The van der Waals surface area contributed by atoms with Gasteiger partial charge in [0, 0.05) is 5.56 Å². The summed E-state index contributed by atoms with van der Waals surface area (Å²) in [5.41, 5.74) is -0.268. The molecule has 1 rings (SSSR count). The molecular formula is C9H4F2N2O. The molecule has 5 heteroatoms. The zero-order chi connectivity index (χ0) is 10.6. The largest absolute Gasteiger partial charge is 0.236 e. The fraction of sp³-hybridized carbons (Fsp3) is 0.111. The average Bonchev–Trinajstić information content (AvgIpc) is 2.18. The number of carbonyl (C=O) groups excluding carboxylic acids is 1. The van der Waals surface area contributed by atoms with Crippen molar-refractivity contribution in [2.75, 3.05) is 0 Å². The Kier molecular flexibility index (Phi) is 3.05. The SMILES string of the molecule is N#CC(N=C=O)c1cc(F)ccc1F. The summed E-state index contributed by atoms with van der Waals surface area (Å²) >= 11 is 0. The first-order valence-electron chi connectivity index (χ1n) is 3.60. The Morgan fingerprint density at radius 3 is 2.71 bits per heavy atom. The molecule has 0 N–H and O–H groups in total. The summed E-state index contributed by atoms with van der Waals surface area (Å²) in [7, 11) is 0. The van der Waals surface area contributed by atoms with Gasteiger partial charge >= 0.3 is 0 Å². The number of isocyanates is 1. The van der Waals surface area contributed by atoms with Crippen molar-refractivity contribution in [1.29, 1.82) is 5.26 Å². The maximum atomic E-state index is 13.0. The van der Waals surface area contributed by atoms with Gasteiger partial charge in [0.1, 0.15) is 11.6 Å². The van der Waals surface area contributed by atoms with Crippen LogP contribution in [0.2, 0.25) is 0 Å². The zero-order valence-corrected chi connectivity index (χ0v) is 6.87. The van der Waals surface area contributed by atoms with E-state index in [0.29, 0.717) is 0 Å². The fourth-order valence-electron chi connectivity index (χ4n) is 0.945. The lowest BCUT2D eigenvalue weighted by Gasteiger charge is -2.03. The molecule has 1 aromatic carbocycles. The molecule has 0 aliphatic rings. The van der Waals surface area contributed by atoms with Crippen LogP contribution in [0.1, 0.15) is 11.6 Å². The summed E-state index contributed by atoms with van der Waals surface area (Å²) in [6, 6.07) is 2.82. The second-order valence-corrected chi connectivity index (χ2v) is 2.42. The van der Waals surface area contributed by atoms with Crippen LogP contribution >= 0.6 is 0 Å². The molecule has 70 valence electrons. The van der Waals surface area contributed by atoms with Crippen molar-refractivity contribution < 1.29 is 13.6 Å². The van der Waals surface area contributed by atoms with Crippen LogP contribution < -0.4 is 0 Å². The Labute approximate surface area is 78.3 Å². The van der Waals surface area contributed by atoms with Gasteiger partial charge in [-0.25, -0.2) is 13.6 Å². The van der Waals surface area contributed by atoms with Crippen molar-refractivity contribution in [1.82, 2.24) is 0 Å². The highest BCUT2D eigenvalue weighted by Gasteiger charge is 2.14. The zero-order valence-electron chi connectivity index (χ0n) is 6.87. The van der Waals surface area contributed by atoms with Crippen molar-refractivity contribution in [2.45, 2.75) is 6.04 Å². The van der Waals surface area contributed by atoms with E-state index in [-0.39, 0.29) is 5.56 Å². The normalized spacial score (nSPS) is 11.2. The van der Waals surface area contributed by atoms with Gasteiger partial charge in [-0.15, -0.1) is 0 Å². The van der Waals surface area contributed by atoms with Crippen LogP contribution in [0, 0.1) is 23.0 Å². The summed E-state index contributed by atoms with van der Waals surface area (Å²) < 4.78 is 25.7. The molecule has 0 amide bonds. The van der Waals surface area contributed by atoms with E-state index in [1.165, 1.54) is 0 Å². The minimum Gasteiger partial charge on any atom is -0.211 e. The summed E-state index contributed by atoms with van der Waals surface area (Å²) in [4.78, 5) is 12.9. The molecule has 0 spiro atoms. The Morgan fingerprint density at radius 2 is 2.14 bits per heavy atom. The minimum atomic E-state index is -1.34. The third-order valence-electron chi connectivity index (χ3n) is 1.56.